The molecule has 1 fully saturated rings. The molecule has 0 saturated carbocycles. The van der Waals surface area contributed by atoms with Crippen molar-refractivity contribution in [3.8, 4) is 0 Å². The summed E-state index contributed by atoms with van der Waals surface area (Å²) in [6.07, 6.45) is -0.845. The molecule has 1 aromatic carbocycles. The molecule has 17 heavy (non-hydrogen) atoms. The van der Waals surface area contributed by atoms with Crippen molar-refractivity contribution in [3.63, 3.8) is 0 Å². The van der Waals surface area contributed by atoms with Crippen LogP contribution in [0.15, 0.2) is 30.3 Å². The molecule has 1 atom stereocenters. The van der Waals surface area contributed by atoms with E-state index in [2.05, 4.69) is 10.7 Å². The van der Waals surface area contributed by atoms with E-state index in [1.165, 1.54) is 5.01 Å². The monoisotopic (exact) mass is 235 g/mol. The number of hydrogen-bond acceptors (Lipinski definition) is 3. The van der Waals surface area contributed by atoms with E-state index in [0.29, 0.717) is 0 Å². The summed E-state index contributed by atoms with van der Waals surface area (Å²) in [5.41, 5.74) is 3.24. The van der Waals surface area contributed by atoms with Gasteiger partial charge in [0.25, 0.3) is 0 Å². The molecule has 0 unspecified atom stereocenters. The van der Waals surface area contributed by atoms with Gasteiger partial charge in [-0.05, 0) is 12.5 Å². The molecule has 0 aliphatic carbocycles. The highest BCUT2D eigenvalue weighted by molar-refractivity contribution is 5.82. The standard InChI is InChI=1S/C11H13N3O3/c1-8-12-10(15)14(8)13-11(16)17-7-9-5-3-2-4-6-9/h2-6,8H,7H2,1H3,(H,12,15)(H,13,16)/t8-/m1/s1. The summed E-state index contributed by atoms with van der Waals surface area (Å²) in [6.45, 7) is 1.93. The van der Waals surface area contributed by atoms with Crippen molar-refractivity contribution in [2.75, 3.05) is 0 Å². The molecule has 0 radical (unpaired) electrons. The zero-order valence-corrected chi connectivity index (χ0v) is 9.34. The first-order valence-electron chi connectivity index (χ1n) is 5.24. The number of benzene rings is 1. The van der Waals surface area contributed by atoms with Gasteiger partial charge in [0.1, 0.15) is 12.8 Å². The minimum absolute atomic E-state index is 0.177. The molecule has 2 rings (SSSR count). The maximum atomic E-state index is 11.4. The lowest BCUT2D eigenvalue weighted by molar-refractivity contribution is 0.0573. The van der Waals surface area contributed by atoms with Crippen LogP contribution >= 0.6 is 0 Å². The Hall–Kier alpha value is -2.24. The minimum atomic E-state index is -0.643. The molecule has 6 nitrogen and oxygen atoms in total. The molecule has 1 aromatic rings. The molecule has 0 bridgehead atoms. The van der Waals surface area contributed by atoms with Crippen molar-refractivity contribution in [1.29, 1.82) is 0 Å². The number of rotatable bonds is 3. The summed E-state index contributed by atoms with van der Waals surface area (Å²) in [5, 5.41) is 3.73. The van der Waals surface area contributed by atoms with Gasteiger partial charge in [0.05, 0.1) is 0 Å². The Morgan fingerprint density at radius 2 is 2.18 bits per heavy atom. The quantitative estimate of drug-likeness (QED) is 0.827. The average Bonchev–Trinajstić information content (AvgIpc) is 2.35. The van der Waals surface area contributed by atoms with E-state index < -0.39 is 6.09 Å². The highest BCUT2D eigenvalue weighted by Gasteiger charge is 2.33. The van der Waals surface area contributed by atoms with Crippen LogP contribution in [0.1, 0.15) is 12.5 Å². The van der Waals surface area contributed by atoms with Crippen LogP contribution in [-0.2, 0) is 11.3 Å². The number of carbonyl (C=O) groups is 2. The Kier molecular flexibility index (Phi) is 3.13. The van der Waals surface area contributed by atoms with Gasteiger partial charge in [0, 0.05) is 0 Å². The summed E-state index contributed by atoms with van der Waals surface area (Å²) < 4.78 is 4.96. The smallest absolute Gasteiger partial charge is 0.426 e. The number of hydrazine groups is 1. The van der Waals surface area contributed by atoms with E-state index in [4.69, 9.17) is 4.74 Å². The lowest BCUT2D eigenvalue weighted by Gasteiger charge is -2.38. The largest absolute Gasteiger partial charge is 0.443 e. The Balaban J connectivity index is 1.76. The van der Waals surface area contributed by atoms with Crippen LogP contribution in [-0.4, -0.2) is 23.3 Å². The SMILES string of the molecule is C[C@@H]1NC(=O)N1NC(=O)OCc1ccccc1. The van der Waals surface area contributed by atoms with E-state index in [0.717, 1.165) is 5.56 Å². The Morgan fingerprint density at radius 1 is 1.47 bits per heavy atom. The molecule has 1 heterocycles. The van der Waals surface area contributed by atoms with Gasteiger partial charge >= 0.3 is 12.1 Å². The van der Waals surface area contributed by atoms with Crippen LogP contribution < -0.4 is 10.7 Å². The molecule has 3 amide bonds. The maximum Gasteiger partial charge on any atom is 0.426 e. The topological polar surface area (TPSA) is 70.7 Å². The molecular weight excluding hydrogens is 222 g/mol. The molecule has 0 spiro atoms. The van der Waals surface area contributed by atoms with Crippen molar-refractivity contribution < 1.29 is 14.3 Å². The second-order valence-electron chi connectivity index (χ2n) is 3.67. The summed E-state index contributed by atoms with van der Waals surface area (Å²) in [5.74, 6) is 0. The highest BCUT2D eigenvalue weighted by Crippen LogP contribution is 2.05. The van der Waals surface area contributed by atoms with E-state index in [1.807, 2.05) is 30.3 Å². The van der Waals surface area contributed by atoms with Gasteiger partial charge in [0.15, 0.2) is 0 Å². The van der Waals surface area contributed by atoms with Crippen molar-refractivity contribution in [3.05, 3.63) is 35.9 Å². The third-order valence-corrected chi connectivity index (χ3v) is 2.36. The maximum absolute atomic E-state index is 11.4. The number of urea groups is 1. The van der Waals surface area contributed by atoms with Gasteiger partial charge in [-0.25, -0.2) is 20.0 Å². The first-order chi connectivity index (χ1) is 8.16. The number of nitrogens with zero attached hydrogens (tertiary/aromatic N) is 1. The second-order valence-corrected chi connectivity index (χ2v) is 3.67. The Morgan fingerprint density at radius 3 is 2.76 bits per heavy atom. The van der Waals surface area contributed by atoms with Gasteiger partial charge in [-0.3, -0.25) is 0 Å². The lowest BCUT2D eigenvalue weighted by atomic mass is 10.2. The van der Waals surface area contributed by atoms with Crippen LogP contribution in [0.4, 0.5) is 9.59 Å². The molecule has 90 valence electrons. The Labute approximate surface area is 98.5 Å². The van der Waals surface area contributed by atoms with Crippen LogP contribution in [0.2, 0.25) is 0 Å². The fourth-order valence-corrected chi connectivity index (χ4v) is 1.42. The van der Waals surface area contributed by atoms with Gasteiger partial charge in [-0.1, -0.05) is 30.3 Å². The molecule has 1 aliphatic heterocycles. The van der Waals surface area contributed by atoms with Crippen molar-refractivity contribution in [2.45, 2.75) is 19.7 Å². The lowest BCUT2D eigenvalue weighted by Crippen LogP contribution is -2.69. The van der Waals surface area contributed by atoms with Crippen molar-refractivity contribution in [2.24, 2.45) is 0 Å². The average molecular weight is 235 g/mol. The predicted octanol–water partition coefficient (Wildman–Crippen LogP) is 1.20. The van der Waals surface area contributed by atoms with Crippen molar-refractivity contribution >= 4 is 12.1 Å². The van der Waals surface area contributed by atoms with Gasteiger partial charge < -0.3 is 10.1 Å². The van der Waals surface area contributed by atoms with Crippen LogP contribution in [0.5, 0.6) is 0 Å². The second kappa shape index (κ2) is 4.73. The zero-order chi connectivity index (χ0) is 12.3. The van der Waals surface area contributed by atoms with Crippen LogP contribution in [0.3, 0.4) is 0 Å². The molecular formula is C11H13N3O3. The molecule has 0 aromatic heterocycles. The molecule has 6 heteroatoms. The molecule has 1 saturated heterocycles. The van der Waals surface area contributed by atoms with E-state index in [9.17, 15) is 9.59 Å². The van der Waals surface area contributed by atoms with Gasteiger partial charge in [0.2, 0.25) is 0 Å². The van der Waals surface area contributed by atoms with Gasteiger partial charge in [-0.2, -0.15) is 0 Å². The number of nitrogens with one attached hydrogen (secondary N) is 2. The number of carbonyl (C=O) groups excluding carboxylic acids is 2. The predicted molar refractivity (Wildman–Crippen MR) is 59.6 cm³/mol. The number of hydrogen-bond donors (Lipinski definition) is 2. The summed E-state index contributed by atoms with van der Waals surface area (Å²) in [6, 6.07) is 8.98. The van der Waals surface area contributed by atoms with Crippen LogP contribution in [0, 0.1) is 0 Å². The summed E-state index contributed by atoms with van der Waals surface area (Å²) in [7, 11) is 0. The Bertz CT molecular complexity index is 421. The van der Waals surface area contributed by atoms with Gasteiger partial charge in [-0.15, -0.1) is 0 Å². The zero-order valence-electron chi connectivity index (χ0n) is 9.34. The first-order valence-corrected chi connectivity index (χ1v) is 5.24. The first kappa shape index (κ1) is 11.3. The third kappa shape index (κ3) is 2.66. The summed E-state index contributed by atoms with van der Waals surface area (Å²) in [4.78, 5) is 22.4. The minimum Gasteiger partial charge on any atom is -0.443 e. The van der Waals surface area contributed by atoms with E-state index >= 15 is 0 Å². The molecule has 2 N–H and O–H groups in total. The fraction of sp³-hybridized carbons (Fsp3) is 0.273. The highest BCUT2D eigenvalue weighted by atomic mass is 16.6. The normalized spacial score (nSPS) is 18.1. The number of amides is 3. The third-order valence-electron chi connectivity index (χ3n) is 2.36. The number of ether oxygens (including phenoxy) is 1. The molecule has 1 aliphatic rings. The van der Waals surface area contributed by atoms with Crippen LogP contribution in [0.25, 0.3) is 0 Å². The van der Waals surface area contributed by atoms with E-state index in [1.54, 1.807) is 6.92 Å². The van der Waals surface area contributed by atoms with E-state index in [-0.39, 0.29) is 18.8 Å². The summed E-state index contributed by atoms with van der Waals surface area (Å²) >= 11 is 0. The fourth-order valence-electron chi connectivity index (χ4n) is 1.42. The van der Waals surface area contributed by atoms with Crippen molar-refractivity contribution in [1.82, 2.24) is 15.8 Å².